The van der Waals surface area contributed by atoms with Crippen molar-refractivity contribution in [1.29, 1.82) is 0 Å². The van der Waals surface area contributed by atoms with E-state index < -0.39 is 12.1 Å². The lowest BCUT2D eigenvalue weighted by atomic mass is 10.1. The van der Waals surface area contributed by atoms with Gasteiger partial charge in [0.05, 0.1) is 12.1 Å². The summed E-state index contributed by atoms with van der Waals surface area (Å²) in [5.41, 5.74) is 27.4. The fourth-order valence-corrected chi connectivity index (χ4v) is 2.23. The molecule has 0 aromatic heterocycles. The molecule has 0 aromatic carbocycles. The summed E-state index contributed by atoms with van der Waals surface area (Å²) in [5.74, 6) is -0.274. The number of nitrogens with zero attached hydrogens (tertiary/aromatic N) is 1. The summed E-state index contributed by atoms with van der Waals surface area (Å²) in [7, 11) is 0. The van der Waals surface area contributed by atoms with Crippen molar-refractivity contribution in [3.05, 3.63) is 0 Å². The van der Waals surface area contributed by atoms with Crippen molar-refractivity contribution in [3.63, 3.8) is 0 Å². The van der Waals surface area contributed by atoms with Crippen LogP contribution in [0, 0.1) is 0 Å². The molecule has 0 spiro atoms. The molecule has 10 heteroatoms. The van der Waals surface area contributed by atoms with Crippen molar-refractivity contribution in [1.82, 2.24) is 10.6 Å². The molecule has 12 N–H and O–H groups in total. The molecule has 0 saturated heterocycles. The Kier molecular flexibility index (Phi) is 14.2. The third-order valence-corrected chi connectivity index (χ3v) is 3.81. The van der Waals surface area contributed by atoms with Gasteiger partial charge < -0.3 is 39.3 Å². The van der Waals surface area contributed by atoms with E-state index in [-0.39, 0.29) is 17.8 Å². The van der Waals surface area contributed by atoms with Crippen molar-refractivity contribution in [3.8, 4) is 0 Å². The van der Waals surface area contributed by atoms with E-state index in [1.54, 1.807) is 0 Å². The van der Waals surface area contributed by atoms with E-state index in [2.05, 4.69) is 15.6 Å². The minimum Gasteiger partial charge on any atom is -0.370 e. The summed E-state index contributed by atoms with van der Waals surface area (Å²) in [6, 6.07) is -1.05. The van der Waals surface area contributed by atoms with Crippen LogP contribution in [0.5, 0.6) is 0 Å². The largest absolute Gasteiger partial charge is 0.370 e. The fraction of sp³-hybridized carbons (Fsp3) is 0.812. The van der Waals surface area contributed by atoms with E-state index in [0.717, 1.165) is 25.7 Å². The molecular formula is C16H36N8O2. The number of hydrogen-bond donors (Lipinski definition) is 7. The maximum absolute atomic E-state index is 11.8. The molecule has 0 saturated carbocycles. The summed E-state index contributed by atoms with van der Waals surface area (Å²) < 4.78 is 0. The molecule has 0 rings (SSSR count). The number of hydrogen-bond acceptors (Lipinski definition) is 6. The first kappa shape index (κ1) is 24.1. The zero-order chi connectivity index (χ0) is 19.8. The van der Waals surface area contributed by atoms with E-state index >= 15 is 0 Å². The normalized spacial score (nSPS) is 12.9. The number of nitrogens with two attached hydrogens (primary N) is 5. The zero-order valence-electron chi connectivity index (χ0n) is 15.6. The van der Waals surface area contributed by atoms with Gasteiger partial charge in [0.1, 0.15) is 0 Å². The van der Waals surface area contributed by atoms with Gasteiger partial charge in [0, 0.05) is 19.6 Å². The molecule has 0 bridgehead atoms. The molecule has 2 atom stereocenters. The van der Waals surface area contributed by atoms with Gasteiger partial charge in [-0.2, -0.15) is 0 Å². The number of rotatable bonds is 15. The molecular weight excluding hydrogens is 336 g/mol. The number of guanidine groups is 1. The maximum atomic E-state index is 11.8. The molecule has 10 nitrogen and oxygen atoms in total. The van der Waals surface area contributed by atoms with Crippen LogP contribution in [-0.2, 0) is 9.59 Å². The van der Waals surface area contributed by atoms with Crippen LogP contribution in [0.4, 0.5) is 0 Å². The zero-order valence-corrected chi connectivity index (χ0v) is 15.6. The molecule has 0 aliphatic carbocycles. The Morgan fingerprint density at radius 3 is 1.77 bits per heavy atom. The molecule has 152 valence electrons. The number of amides is 2. The maximum Gasteiger partial charge on any atom is 0.236 e. The number of unbranched alkanes of at least 4 members (excludes halogenated alkanes) is 2. The molecule has 0 heterocycles. The van der Waals surface area contributed by atoms with Crippen molar-refractivity contribution in [2.75, 3.05) is 26.2 Å². The third-order valence-electron chi connectivity index (χ3n) is 3.81. The van der Waals surface area contributed by atoms with Gasteiger partial charge in [-0.1, -0.05) is 0 Å². The second kappa shape index (κ2) is 15.4. The Balaban J connectivity index is 3.60. The highest BCUT2D eigenvalue weighted by Crippen LogP contribution is 1.98. The number of aliphatic imine (C=N–C) groups is 1. The minimum absolute atomic E-state index is 0.0387. The quantitative estimate of drug-likeness (QED) is 0.0962. The third kappa shape index (κ3) is 13.4. The predicted molar refractivity (Wildman–Crippen MR) is 104 cm³/mol. The van der Waals surface area contributed by atoms with Gasteiger partial charge in [-0.05, 0) is 51.5 Å². The Bertz CT molecular complexity index is 426. The number of carbonyl (C=O) groups is 2. The van der Waals surface area contributed by atoms with Crippen molar-refractivity contribution in [2.45, 2.75) is 57.0 Å². The molecule has 0 unspecified atom stereocenters. The lowest BCUT2D eigenvalue weighted by Crippen LogP contribution is -2.41. The van der Waals surface area contributed by atoms with Gasteiger partial charge >= 0.3 is 0 Å². The second-order valence-electron chi connectivity index (χ2n) is 6.24. The summed E-state index contributed by atoms with van der Waals surface area (Å²) >= 11 is 0. The Morgan fingerprint density at radius 1 is 0.808 bits per heavy atom. The smallest absolute Gasteiger partial charge is 0.236 e. The first-order valence-electron chi connectivity index (χ1n) is 9.20. The van der Waals surface area contributed by atoms with Gasteiger partial charge in [-0.25, -0.2) is 0 Å². The average Bonchev–Trinajstić information content (AvgIpc) is 2.61. The summed E-state index contributed by atoms with van der Waals surface area (Å²) in [6.07, 6.45) is 5.06. The van der Waals surface area contributed by atoms with Gasteiger partial charge in [0.15, 0.2) is 5.96 Å². The topological polar surface area (TPSA) is 201 Å². The highest BCUT2D eigenvalue weighted by molar-refractivity contribution is 5.81. The Morgan fingerprint density at radius 2 is 1.31 bits per heavy atom. The number of carbonyl (C=O) groups excluding carboxylic acids is 2. The van der Waals surface area contributed by atoms with E-state index in [0.29, 0.717) is 45.4 Å². The average molecular weight is 373 g/mol. The van der Waals surface area contributed by atoms with Gasteiger partial charge in [-0.3, -0.25) is 14.6 Å². The summed E-state index contributed by atoms with van der Waals surface area (Å²) in [5, 5.41) is 5.61. The van der Waals surface area contributed by atoms with Crippen LogP contribution in [0.25, 0.3) is 0 Å². The van der Waals surface area contributed by atoms with Crippen LogP contribution in [0.3, 0.4) is 0 Å². The van der Waals surface area contributed by atoms with Crippen molar-refractivity contribution < 1.29 is 9.59 Å². The molecule has 26 heavy (non-hydrogen) atoms. The highest BCUT2D eigenvalue weighted by atomic mass is 16.2. The molecule has 0 fully saturated rings. The molecule has 0 radical (unpaired) electrons. The van der Waals surface area contributed by atoms with Crippen LogP contribution in [0.15, 0.2) is 4.99 Å². The van der Waals surface area contributed by atoms with Gasteiger partial charge in [0.2, 0.25) is 11.8 Å². The highest BCUT2D eigenvalue weighted by Gasteiger charge is 2.12. The van der Waals surface area contributed by atoms with Crippen molar-refractivity contribution >= 4 is 17.8 Å². The second-order valence-corrected chi connectivity index (χ2v) is 6.24. The van der Waals surface area contributed by atoms with Crippen molar-refractivity contribution in [2.24, 2.45) is 33.7 Å². The van der Waals surface area contributed by atoms with Crippen LogP contribution < -0.4 is 39.3 Å². The SMILES string of the molecule is NCCC[C@H](N)C(=O)NCCCCCNC(=O)[C@@H](N)CCCN=C(N)N. The Labute approximate surface area is 155 Å². The summed E-state index contributed by atoms with van der Waals surface area (Å²) in [6.45, 7) is 2.13. The van der Waals surface area contributed by atoms with E-state index in [9.17, 15) is 9.59 Å². The Hall–Kier alpha value is -1.91. The predicted octanol–water partition coefficient (Wildman–Crippen LogP) is -2.16. The molecule has 0 aromatic rings. The summed E-state index contributed by atoms with van der Waals surface area (Å²) in [4.78, 5) is 27.3. The van der Waals surface area contributed by atoms with E-state index in [1.807, 2.05) is 0 Å². The van der Waals surface area contributed by atoms with Crippen LogP contribution in [0.1, 0.15) is 44.9 Å². The number of nitrogens with one attached hydrogen (secondary N) is 2. The lowest BCUT2D eigenvalue weighted by molar-refractivity contribution is -0.123. The van der Waals surface area contributed by atoms with Gasteiger partial charge in [-0.15, -0.1) is 0 Å². The first-order chi connectivity index (χ1) is 12.4. The van der Waals surface area contributed by atoms with Crippen LogP contribution in [0.2, 0.25) is 0 Å². The molecule has 2 amide bonds. The molecule has 0 aliphatic heterocycles. The first-order valence-corrected chi connectivity index (χ1v) is 9.20. The van der Waals surface area contributed by atoms with E-state index in [4.69, 9.17) is 28.7 Å². The fourth-order valence-electron chi connectivity index (χ4n) is 2.23. The monoisotopic (exact) mass is 372 g/mol. The van der Waals surface area contributed by atoms with Crippen LogP contribution >= 0.6 is 0 Å². The molecule has 0 aliphatic rings. The van der Waals surface area contributed by atoms with E-state index in [1.165, 1.54) is 0 Å². The lowest BCUT2D eigenvalue weighted by Gasteiger charge is -2.12. The van der Waals surface area contributed by atoms with Gasteiger partial charge in [0.25, 0.3) is 0 Å². The standard InChI is InChI=1S/C16H36N8O2/c17-8-4-6-12(18)14(25)22-9-2-1-3-10-23-15(26)13(19)7-5-11-24-16(20)21/h12-13H,1-11,17-19H2,(H,22,25)(H,23,26)(H4,20,21,24)/t12-,13-/m0/s1. The minimum atomic E-state index is -0.557. The van der Waals surface area contributed by atoms with Crippen LogP contribution in [-0.4, -0.2) is 56.0 Å².